The molecule has 152 valence electrons. The van der Waals surface area contributed by atoms with Crippen LogP contribution in [0.15, 0.2) is 66.3 Å². The molecular weight excluding hydrogens is 396 g/mol. The fourth-order valence-corrected chi connectivity index (χ4v) is 3.49. The highest BCUT2D eigenvalue weighted by Crippen LogP contribution is 2.25. The maximum absolute atomic E-state index is 13.6. The third-order valence-electron chi connectivity index (χ3n) is 4.06. The van der Waals surface area contributed by atoms with Gasteiger partial charge in [-0.2, -0.15) is 0 Å². The lowest BCUT2D eigenvalue weighted by atomic mass is 10.2. The highest BCUT2D eigenvalue weighted by atomic mass is 32.2. The summed E-state index contributed by atoms with van der Waals surface area (Å²) in [5, 5.41) is 19.2. The molecule has 1 N–H and O–H groups in total. The summed E-state index contributed by atoms with van der Waals surface area (Å²) in [6.45, 7) is 4.39. The lowest BCUT2D eigenvalue weighted by Crippen LogP contribution is -2.18. The molecule has 0 spiro atoms. The number of rotatable bonds is 10. The topological polar surface area (TPSA) is 60.2 Å². The van der Waals surface area contributed by atoms with Crippen LogP contribution in [0.5, 0.6) is 0 Å². The monoisotopic (exact) mass is 417 g/mol. The minimum absolute atomic E-state index is 0.0712. The number of ether oxygens (including phenoxy) is 1. The van der Waals surface area contributed by atoms with Crippen LogP contribution in [0.2, 0.25) is 0 Å². The van der Waals surface area contributed by atoms with Gasteiger partial charge in [0.2, 0.25) is 0 Å². The first-order valence-corrected chi connectivity index (χ1v) is 9.99. The Morgan fingerprint density at radius 3 is 2.62 bits per heavy atom. The minimum atomic E-state index is -0.755. The molecule has 1 atom stereocenters. The van der Waals surface area contributed by atoms with Crippen LogP contribution in [0.1, 0.15) is 5.56 Å². The van der Waals surface area contributed by atoms with Crippen molar-refractivity contribution < 1.29 is 18.6 Å². The van der Waals surface area contributed by atoms with Gasteiger partial charge in [-0.05, 0) is 30.3 Å². The normalized spacial score (nSPS) is 12.1. The van der Waals surface area contributed by atoms with Crippen molar-refractivity contribution in [1.29, 1.82) is 0 Å². The zero-order valence-electron chi connectivity index (χ0n) is 15.7. The molecule has 1 aromatic heterocycles. The van der Waals surface area contributed by atoms with Gasteiger partial charge < -0.3 is 9.84 Å². The Labute approximate surface area is 172 Å². The van der Waals surface area contributed by atoms with Gasteiger partial charge in [0, 0.05) is 23.4 Å². The molecule has 0 unspecified atom stereocenters. The third-order valence-corrected chi connectivity index (χ3v) is 5.17. The Hall–Kier alpha value is -2.55. The van der Waals surface area contributed by atoms with Gasteiger partial charge in [-0.25, -0.2) is 8.78 Å². The van der Waals surface area contributed by atoms with Gasteiger partial charge in [-0.1, -0.05) is 36.0 Å². The first-order chi connectivity index (χ1) is 14.1. The second-order valence-corrected chi connectivity index (χ2v) is 7.27. The summed E-state index contributed by atoms with van der Waals surface area (Å²) in [6, 6.07) is 12.4. The number of aliphatic hydroxyl groups excluding tert-OH is 1. The molecule has 0 saturated heterocycles. The maximum atomic E-state index is 13.6. The second-order valence-electron chi connectivity index (χ2n) is 6.28. The van der Waals surface area contributed by atoms with Crippen molar-refractivity contribution in [3.63, 3.8) is 0 Å². The fourth-order valence-electron chi connectivity index (χ4n) is 2.64. The van der Waals surface area contributed by atoms with Crippen molar-refractivity contribution in [3.05, 3.63) is 78.4 Å². The lowest BCUT2D eigenvalue weighted by Gasteiger charge is -2.12. The van der Waals surface area contributed by atoms with Gasteiger partial charge in [-0.15, -0.1) is 16.8 Å². The average molecular weight is 417 g/mol. The van der Waals surface area contributed by atoms with Crippen molar-refractivity contribution >= 4 is 11.8 Å². The van der Waals surface area contributed by atoms with Crippen LogP contribution in [-0.4, -0.2) is 38.3 Å². The SMILES string of the molecule is C=CCn1c(SC[C@@H](O)COCc2ccccc2F)nnc1-c1ccc(F)cc1. The van der Waals surface area contributed by atoms with Crippen LogP contribution < -0.4 is 0 Å². The largest absolute Gasteiger partial charge is 0.390 e. The van der Waals surface area contributed by atoms with E-state index in [9.17, 15) is 13.9 Å². The van der Waals surface area contributed by atoms with E-state index in [0.717, 1.165) is 5.56 Å². The molecule has 29 heavy (non-hydrogen) atoms. The van der Waals surface area contributed by atoms with Crippen LogP contribution in [0.4, 0.5) is 8.78 Å². The van der Waals surface area contributed by atoms with E-state index in [1.807, 2.05) is 4.57 Å². The molecule has 3 aromatic rings. The van der Waals surface area contributed by atoms with Gasteiger partial charge in [0.05, 0.1) is 19.3 Å². The second kappa shape index (κ2) is 10.3. The number of benzene rings is 2. The van der Waals surface area contributed by atoms with E-state index in [-0.39, 0.29) is 24.8 Å². The van der Waals surface area contributed by atoms with E-state index in [4.69, 9.17) is 4.74 Å². The van der Waals surface area contributed by atoms with E-state index >= 15 is 0 Å². The molecule has 0 radical (unpaired) electrons. The Kier molecular flexibility index (Phi) is 7.51. The number of hydrogen-bond acceptors (Lipinski definition) is 5. The Morgan fingerprint density at radius 2 is 1.90 bits per heavy atom. The van der Waals surface area contributed by atoms with E-state index in [1.165, 1.54) is 30.0 Å². The predicted molar refractivity (Wildman–Crippen MR) is 108 cm³/mol. The highest BCUT2D eigenvalue weighted by Gasteiger charge is 2.15. The van der Waals surface area contributed by atoms with Crippen LogP contribution in [0, 0.1) is 11.6 Å². The number of hydrogen-bond donors (Lipinski definition) is 1. The molecule has 0 amide bonds. The summed E-state index contributed by atoms with van der Waals surface area (Å²) in [7, 11) is 0. The average Bonchev–Trinajstić information content (AvgIpc) is 3.11. The molecule has 1 heterocycles. The number of nitrogens with zero attached hydrogens (tertiary/aromatic N) is 3. The standard InChI is InChI=1S/C21H21F2N3O2S/c1-2-11-26-20(15-7-9-17(22)10-8-15)24-25-21(26)29-14-18(27)13-28-12-16-5-3-4-6-19(16)23/h2-10,18,27H,1,11-14H2/t18-/m0/s1. The summed E-state index contributed by atoms with van der Waals surface area (Å²) in [5.41, 5.74) is 1.18. The Bertz CT molecular complexity index is 947. The molecule has 0 bridgehead atoms. The molecule has 3 rings (SSSR count). The molecule has 0 aliphatic heterocycles. The Morgan fingerprint density at radius 1 is 1.14 bits per heavy atom. The first-order valence-electron chi connectivity index (χ1n) is 9.00. The van der Waals surface area contributed by atoms with Crippen LogP contribution in [-0.2, 0) is 17.9 Å². The number of allylic oxidation sites excluding steroid dienone is 1. The van der Waals surface area contributed by atoms with Crippen LogP contribution in [0.3, 0.4) is 0 Å². The summed E-state index contributed by atoms with van der Waals surface area (Å²) >= 11 is 1.33. The van der Waals surface area contributed by atoms with E-state index in [1.54, 1.807) is 36.4 Å². The molecular formula is C21H21F2N3O2S. The number of aromatic nitrogens is 3. The van der Waals surface area contributed by atoms with Gasteiger partial charge in [0.25, 0.3) is 0 Å². The van der Waals surface area contributed by atoms with Crippen molar-refractivity contribution in [2.45, 2.75) is 24.4 Å². The summed E-state index contributed by atoms with van der Waals surface area (Å²) in [4.78, 5) is 0. The quantitative estimate of drug-likeness (QED) is 0.398. The molecule has 5 nitrogen and oxygen atoms in total. The first kappa shape index (κ1) is 21.2. The zero-order valence-corrected chi connectivity index (χ0v) is 16.5. The van der Waals surface area contributed by atoms with Gasteiger partial charge >= 0.3 is 0 Å². The van der Waals surface area contributed by atoms with E-state index in [0.29, 0.717) is 28.8 Å². The molecule has 2 aromatic carbocycles. The lowest BCUT2D eigenvalue weighted by molar-refractivity contribution is 0.0386. The predicted octanol–water partition coefficient (Wildman–Crippen LogP) is 4.08. The molecule has 0 fully saturated rings. The summed E-state index contributed by atoms with van der Waals surface area (Å²) < 4.78 is 34.0. The molecule has 8 heteroatoms. The third kappa shape index (κ3) is 5.72. The van der Waals surface area contributed by atoms with Crippen LogP contribution >= 0.6 is 11.8 Å². The van der Waals surface area contributed by atoms with Crippen molar-refractivity contribution in [2.24, 2.45) is 0 Å². The Balaban J connectivity index is 1.57. The maximum Gasteiger partial charge on any atom is 0.191 e. The number of aliphatic hydroxyl groups is 1. The van der Waals surface area contributed by atoms with Crippen molar-refractivity contribution in [3.8, 4) is 11.4 Å². The van der Waals surface area contributed by atoms with Gasteiger partial charge in [0.15, 0.2) is 11.0 Å². The zero-order chi connectivity index (χ0) is 20.6. The van der Waals surface area contributed by atoms with Crippen LogP contribution in [0.25, 0.3) is 11.4 Å². The molecule has 0 saturated carbocycles. The minimum Gasteiger partial charge on any atom is -0.390 e. The molecule has 0 aliphatic rings. The van der Waals surface area contributed by atoms with Crippen molar-refractivity contribution in [2.75, 3.05) is 12.4 Å². The van der Waals surface area contributed by atoms with Crippen molar-refractivity contribution in [1.82, 2.24) is 14.8 Å². The van der Waals surface area contributed by atoms with Gasteiger partial charge in [-0.3, -0.25) is 4.57 Å². The highest BCUT2D eigenvalue weighted by molar-refractivity contribution is 7.99. The van der Waals surface area contributed by atoms with Gasteiger partial charge in [0.1, 0.15) is 11.6 Å². The summed E-state index contributed by atoms with van der Waals surface area (Å²) in [6.07, 6.45) is 0.962. The molecule has 0 aliphatic carbocycles. The van der Waals surface area contributed by atoms with E-state index < -0.39 is 6.10 Å². The summed E-state index contributed by atoms with van der Waals surface area (Å²) in [5.74, 6) is 0.271. The fraction of sp³-hybridized carbons (Fsp3) is 0.238. The number of halogens is 2. The van der Waals surface area contributed by atoms with E-state index in [2.05, 4.69) is 16.8 Å². The smallest absolute Gasteiger partial charge is 0.191 e. The number of thioether (sulfide) groups is 1.